The van der Waals surface area contributed by atoms with E-state index in [1.807, 2.05) is 0 Å². The number of ether oxygens (including phenoxy) is 1. The lowest BCUT2D eigenvalue weighted by molar-refractivity contribution is 0.487. The fraction of sp³-hybridized carbons (Fsp3) is 0.286. The third-order valence-electron chi connectivity index (χ3n) is 19.5. The molecule has 0 aliphatic carbocycles. The highest BCUT2D eigenvalue weighted by molar-refractivity contribution is 7.20. The predicted molar refractivity (Wildman–Crippen MR) is 388 cm³/mol. The summed E-state index contributed by atoms with van der Waals surface area (Å²) in [5.74, 6) is 1.77. The number of hydrogen-bond donors (Lipinski definition) is 0. The van der Waals surface area contributed by atoms with E-state index in [4.69, 9.17) is 4.74 Å². The Hall–Kier alpha value is -8.12. The summed E-state index contributed by atoms with van der Waals surface area (Å²) in [4.78, 5) is 2.73. The molecule has 0 fully saturated rings. The van der Waals surface area contributed by atoms with E-state index >= 15 is 0 Å². The third kappa shape index (κ3) is 10.2. The van der Waals surface area contributed by atoms with Gasteiger partial charge in [0.2, 0.25) is 0 Å². The number of benzene rings is 10. The molecule has 0 atom stereocenters. The molecule has 2 aliphatic heterocycles. The summed E-state index contributed by atoms with van der Waals surface area (Å²) in [6.07, 6.45) is 0. The zero-order valence-electron chi connectivity index (χ0n) is 56.1. The van der Waals surface area contributed by atoms with Crippen LogP contribution in [0, 0.1) is 0 Å². The molecule has 13 rings (SSSR count). The van der Waals surface area contributed by atoms with Crippen LogP contribution in [-0.2, 0) is 32.5 Å². The molecule has 2 aliphatic rings. The molecule has 0 spiro atoms. The fourth-order valence-electron chi connectivity index (χ4n) is 14.4. The van der Waals surface area contributed by atoms with Gasteiger partial charge in [-0.25, -0.2) is 0 Å². The lowest BCUT2D eigenvalue weighted by Crippen LogP contribution is -2.75. The van der Waals surface area contributed by atoms with Crippen molar-refractivity contribution in [1.82, 2.24) is 4.57 Å². The standard InChI is InChI=1S/C84H89BN2OSi/c1-79(2,3)56-36-34-54(35-37-56)55-46-74-77-76(47-55)88-75-52-60(86-71-44-38-57(80(4,5)6)48-65(71)66-49-58(81(7,8)9)39-45-72(66)86)40-42-70(75)85(77)69-43-41-64(89(61-28-22-19-23-29-61,62-30-24-20-25-31-62)63-32-26-21-27-33-63)53-73(69)87(74)78-67(83(13,14)15)50-59(82(10,11)12)51-68(78)84(16,17)18/h19-53H,1-18H3. The Balaban J connectivity index is 1.16. The SMILES string of the molecule is CC(C)(C)c1ccc(-c2cc3c4c(c2)N(c2c(C(C)(C)C)cc(C(C)(C)C)cc2C(C)(C)C)c2cc([Si](c5ccccc5)(c5ccccc5)c5ccccc5)ccc2B4c2ccc(-n4c5ccc(C(C)(C)C)cc5c5cc(C(C)(C)C)ccc54)cc2O3)cc1. The van der Waals surface area contributed by atoms with Crippen LogP contribution in [0.25, 0.3) is 38.6 Å². The van der Waals surface area contributed by atoms with E-state index in [0.717, 1.165) is 39.5 Å². The van der Waals surface area contributed by atoms with E-state index in [9.17, 15) is 0 Å². The van der Waals surface area contributed by atoms with Crippen LogP contribution in [0.4, 0.5) is 17.1 Å². The summed E-state index contributed by atoms with van der Waals surface area (Å²) in [5, 5.41) is 7.92. The number of anilines is 3. The van der Waals surface area contributed by atoms with Gasteiger partial charge in [-0.1, -0.05) is 282 Å². The van der Waals surface area contributed by atoms with Crippen LogP contribution in [0.1, 0.15) is 158 Å². The minimum atomic E-state index is -3.07. The Labute approximate surface area is 532 Å². The van der Waals surface area contributed by atoms with Gasteiger partial charge >= 0.3 is 0 Å². The Kier molecular flexibility index (Phi) is 14.1. The molecule has 3 nitrogen and oxygen atoms in total. The van der Waals surface area contributed by atoms with Crippen LogP contribution in [0.15, 0.2) is 212 Å². The van der Waals surface area contributed by atoms with Crippen molar-refractivity contribution in [3.05, 3.63) is 246 Å². The first kappa shape index (κ1) is 59.8. The average Bonchev–Trinajstić information content (AvgIpc) is 1.08. The second-order valence-corrected chi connectivity index (χ2v) is 35.7. The Morgan fingerprint density at radius 2 is 0.798 bits per heavy atom. The van der Waals surface area contributed by atoms with Crippen LogP contribution in [-0.4, -0.2) is 19.4 Å². The first-order chi connectivity index (χ1) is 41.9. The Morgan fingerprint density at radius 3 is 1.26 bits per heavy atom. The van der Waals surface area contributed by atoms with Crippen molar-refractivity contribution in [2.24, 2.45) is 0 Å². The summed E-state index contributed by atoms with van der Waals surface area (Å²) in [6, 6.07) is 82.6. The molecule has 0 N–H and O–H groups in total. The number of fused-ring (bicyclic) bond motifs is 7. The summed E-state index contributed by atoms with van der Waals surface area (Å²) in [6.45, 7) is 42.2. The molecule has 1 aromatic heterocycles. The van der Waals surface area contributed by atoms with E-state index in [1.54, 1.807) is 0 Å². The van der Waals surface area contributed by atoms with Gasteiger partial charge < -0.3 is 14.2 Å². The molecule has 0 bridgehead atoms. The van der Waals surface area contributed by atoms with Gasteiger partial charge in [0.25, 0.3) is 6.71 Å². The molecule has 0 unspecified atom stereocenters. The Bertz CT molecular complexity index is 4350. The zero-order valence-corrected chi connectivity index (χ0v) is 57.1. The zero-order chi connectivity index (χ0) is 63.1. The smallest absolute Gasteiger partial charge is 0.256 e. The molecule has 89 heavy (non-hydrogen) atoms. The monoisotopic (exact) mass is 1180 g/mol. The maximum absolute atomic E-state index is 7.73. The third-order valence-corrected chi connectivity index (χ3v) is 24.2. The fourth-order valence-corrected chi connectivity index (χ4v) is 19.2. The van der Waals surface area contributed by atoms with Crippen molar-refractivity contribution in [2.75, 3.05) is 4.90 Å². The number of hydrogen-bond acceptors (Lipinski definition) is 2. The van der Waals surface area contributed by atoms with Crippen molar-refractivity contribution >= 4 is 90.8 Å². The van der Waals surface area contributed by atoms with E-state index < -0.39 is 8.07 Å². The van der Waals surface area contributed by atoms with Crippen LogP contribution in [0.2, 0.25) is 0 Å². The van der Waals surface area contributed by atoms with Gasteiger partial charge in [0.1, 0.15) is 11.5 Å². The van der Waals surface area contributed by atoms with Crippen molar-refractivity contribution in [3.63, 3.8) is 0 Å². The van der Waals surface area contributed by atoms with Gasteiger partial charge in [-0.2, -0.15) is 0 Å². The molecule has 11 aromatic rings. The second kappa shape index (κ2) is 21.0. The Morgan fingerprint density at radius 1 is 0.337 bits per heavy atom. The molecule has 3 heterocycles. The van der Waals surface area contributed by atoms with Crippen LogP contribution in [0.3, 0.4) is 0 Å². The van der Waals surface area contributed by atoms with Gasteiger partial charge in [-0.3, -0.25) is 0 Å². The average molecular weight is 1180 g/mol. The molecule has 0 radical (unpaired) electrons. The van der Waals surface area contributed by atoms with E-state index in [2.05, 4.69) is 346 Å². The van der Waals surface area contributed by atoms with Crippen molar-refractivity contribution < 1.29 is 4.74 Å². The van der Waals surface area contributed by atoms with E-state index in [0.29, 0.717) is 0 Å². The lowest BCUT2D eigenvalue weighted by atomic mass is 9.34. The highest BCUT2D eigenvalue weighted by Gasteiger charge is 2.48. The van der Waals surface area contributed by atoms with Crippen molar-refractivity contribution in [2.45, 2.75) is 157 Å². The maximum Gasteiger partial charge on any atom is 0.256 e. The second-order valence-electron chi connectivity index (χ2n) is 31.9. The quantitative estimate of drug-likeness (QED) is 0.117. The van der Waals surface area contributed by atoms with E-state index in [-0.39, 0.29) is 39.2 Å². The normalized spacial score (nSPS) is 13.8. The molecule has 448 valence electrons. The maximum atomic E-state index is 7.73. The molecular formula is C84H89BN2OSi. The summed E-state index contributed by atoms with van der Waals surface area (Å²) < 4.78 is 10.2. The van der Waals surface area contributed by atoms with Crippen LogP contribution in [0.5, 0.6) is 11.5 Å². The lowest BCUT2D eigenvalue weighted by Gasteiger charge is -2.45. The largest absolute Gasteiger partial charge is 0.458 e. The van der Waals surface area contributed by atoms with Gasteiger partial charge in [-0.05, 0) is 163 Å². The molecule has 0 amide bonds. The number of aromatic nitrogens is 1. The minimum Gasteiger partial charge on any atom is -0.458 e. The minimum absolute atomic E-state index is 0.000187. The predicted octanol–water partition coefficient (Wildman–Crippen LogP) is 18.0. The number of rotatable bonds is 7. The molecule has 5 heteroatoms. The van der Waals surface area contributed by atoms with Gasteiger partial charge in [0, 0.05) is 33.9 Å². The van der Waals surface area contributed by atoms with E-state index in [1.165, 1.54) is 98.2 Å². The molecule has 10 aromatic carbocycles. The summed E-state index contributed by atoms with van der Waals surface area (Å²) in [7, 11) is -3.07. The van der Waals surface area contributed by atoms with Crippen molar-refractivity contribution in [1.29, 1.82) is 0 Å². The van der Waals surface area contributed by atoms with Gasteiger partial charge in [0.05, 0.1) is 16.7 Å². The first-order valence-electron chi connectivity index (χ1n) is 32.4. The van der Waals surface area contributed by atoms with Crippen LogP contribution < -0.4 is 46.8 Å². The van der Waals surface area contributed by atoms with Gasteiger partial charge in [0.15, 0.2) is 8.07 Å². The topological polar surface area (TPSA) is 17.4 Å². The molecule has 0 saturated carbocycles. The molecular weight excluding hydrogens is 1090 g/mol. The van der Waals surface area contributed by atoms with Gasteiger partial charge in [-0.15, -0.1) is 0 Å². The van der Waals surface area contributed by atoms with Crippen molar-refractivity contribution in [3.8, 4) is 28.3 Å². The van der Waals surface area contributed by atoms with Crippen LogP contribution >= 0.6 is 0 Å². The number of nitrogens with zero attached hydrogens (tertiary/aromatic N) is 2. The summed E-state index contributed by atoms with van der Waals surface area (Å²) >= 11 is 0. The first-order valence-corrected chi connectivity index (χ1v) is 34.4. The summed E-state index contributed by atoms with van der Waals surface area (Å²) in [5.41, 5.74) is 20.3. The highest BCUT2D eigenvalue weighted by atomic mass is 28.3. The highest BCUT2D eigenvalue weighted by Crippen LogP contribution is 2.51. The molecule has 0 saturated heterocycles.